The molecule has 6 nitrogen and oxygen atoms in total. The lowest BCUT2D eigenvalue weighted by atomic mass is 10.2. The molecule has 0 bridgehead atoms. The minimum absolute atomic E-state index is 0.241. The fourth-order valence-electron chi connectivity index (χ4n) is 2.12. The second-order valence-electron chi connectivity index (χ2n) is 5.75. The fourth-order valence-corrected chi connectivity index (χ4v) is 2.53. The van der Waals surface area contributed by atoms with Gasteiger partial charge in [0.05, 0.1) is 10.6 Å². The van der Waals surface area contributed by atoms with E-state index in [0.717, 1.165) is 0 Å². The third kappa shape index (κ3) is 5.98. The van der Waals surface area contributed by atoms with Crippen LogP contribution >= 0.6 is 23.2 Å². The highest BCUT2D eigenvalue weighted by molar-refractivity contribution is 6.33. The first kappa shape index (κ1) is 20.7. The standard InChI is InChI=1S/C19H18Cl2N2O4/c1-11(22-18(25)15-8-3-4-9-16(15)21)19(26)27-12(2)17(24)23-14-7-5-6-13(20)10-14/h3-12H,1-2H3,(H,22,25)(H,23,24)/t11-,12+/m0/s1. The molecule has 0 heterocycles. The van der Waals surface area contributed by atoms with Crippen molar-refractivity contribution >= 4 is 46.7 Å². The Labute approximate surface area is 166 Å². The van der Waals surface area contributed by atoms with Crippen molar-refractivity contribution < 1.29 is 19.1 Å². The number of hydrogen-bond acceptors (Lipinski definition) is 4. The van der Waals surface area contributed by atoms with Gasteiger partial charge in [0.1, 0.15) is 6.04 Å². The van der Waals surface area contributed by atoms with E-state index in [1.165, 1.54) is 19.9 Å². The van der Waals surface area contributed by atoms with Crippen LogP contribution in [0.3, 0.4) is 0 Å². The van der Waals surface area contributed by atoms with Crippen molar-refractivity contribution in [2.24, 2.45) is 0 Å². The Hall–Kier alpha value is -2.57. The van der Waals surface area contributed by atoms with Gasteiger partial charge in [0.2, 0.25) is 0 Å². The van der Waals surface area contributed by atoms with Gasteiger partial charge in [0, 0.05) is 10.7 Å². The number of ether oxygens (including phenoxy) is 1. The summed E-state index contributed by atoms with van der Waals surface area (Å²) in [5.74, 6) is -1.78. The number of carbonyl (C=O) groups is 3. The zero-order chi connectivity index (χ0) is 20.0. The highest BCUT2D eigenvalue weighted by Crippen LogP contribution is 2.16. The van der Waals surface area contributed by atoms with E-state index in [9.17, 15) is 14.4 Å². The molecule has 0 aliphatic heterocycles. The molecular weight excluding hydrogens is 391 g/mol. The van der Waals surface area contributed by atoms with Crippen LogP contribution in [0, 0.1) is 0 Å². The average molecular weight is 409 g/mol. The van der Waals surface area contributed by atoms with E-state index < -0.39 is 29.9 Å². The van der Waals surface area contributed by atoms with E-state index in [0.29, 0.717) is 10.7 Å². The van der Waals surface area contributed by atoms with Crippen molar-refractivity contribution in [3.05, 3.63) is 64.1 Å². The summed E-state index contributed by atoms with van der Waals surface area (Å²) in [4.78, 5) is 36.5. The Morgan fingerprint density at radius 3 is 2.37 bits per heavy atom. The summed E-state index contributed by atoms with van der Waals surface area (Å²) in [6, 6.07) is 12.1. The first-order valence-corrected chi connectivity index (χ1v) is 8.86. The molecule has 0 spiro atoms. The summed E-state index contributed by atoms with van der Waals surface area (Å²) in [5, 5.41) is 5.82. The molecule has 8 heteroatoms. The molecule has 2 rings (SSSR count). The van der Waals surface area contributed by atoms with E-state index in [4.69, 9.17) is 27.9 Å². The van der Waals surface area contributed by atoms with Crippen LogP contribution in [0.25, 0.3) is 0 Å². The third-order valence-electron chi connectivity index (χ3n) is 3.57. The van der Waals surface area contributed by atoms with Crippen LogP contribution in [-0.4, -0.2) is 29.9 Å². The molecule has 142 valence electrons. The Kier molecular flexibility index (Phi) is 7.21. The number of amides is 2. The van der Waals surface area contributed by atoms with Crippen LogP contribution < -0.4 is 10.6 Å². The number of nitrogens with one attached hydrogen (secondary N) is 2. The van der Waals surface area contributed by atoms with Gasteiger partial charge in [-0.2, -0.15) is 0 Å². The van der Waals surface area contributed by atoms with Gasteiger partial charge >= 0.3 is 5.97 Å². The Balaban J connectivity index is 1.90. The normalized spacial score (nSPS) is 12.6. The largest absolute Gasteiger partial charge is 0.451 e. The van der Waals surface area contributed by atoms with Crippen LogP contribution in [0.15, 0.2) is 48.5 Å². The lowest BCUT2D eigenvalue weighted by Crippen LogP contribution is -2.42. The monoisotopic (exact) mass is 408 g/mol. The van der Waals surface area contributed by atoms with Crippen LogP contribution in [0.2, 0.25) is 10.0 Å². The lowest BCUT2D eigenvalue weighted by Gasteiger charge is -2.18. The number of benzene rings is 2. The molecule has 2 aromatic rings. The molecule has 0 unspecified atom stereocenters. The fraction of sp³-hybridized carbons (Fsp3) is 0.211. The Morgan fingerprint density at radius 1 is 1.00 bits per heavy atom. The number of halogens is 2. The van der Waals surface area contributed by atoms with E-state index in [1.54, 1.807) is 42.5 Å². The molecule has 2 aromatic carbocycles. The maximum Gasteiger partial charge on any atom is 0.329 e. The van der Waals surface area contributed by atoms with Crippen molar-refractivity contribution in [3.8, 4) is 0 Å². The van der Waals surface area contributed by atoms with Gasteiger partial charge in [0.25, 0.3) is 11.8 Å². The maximum atomic E-state index is 12.2. The average Bonchev–Trinajstić information content (AvgIpc) is 2.61. The molecule has 2 atom stereocenters. The van der Waals surface area contributed by atoms with Crippen molar-refractivity contribution in [2.75, 3.05) is 5.32 Å². The minimum Gasteiger partial charge on any atom is -0.451 e. The number of anilines is 1. The summed E-state index contributed by atoms with van der Waals surface area (Å²) in [6.07, 6.45) is -1.06. The second kappa shape index (κ2) is 9.39. The van der Waals surface area contributed by atoms with Crippen molar-refractivity contribution in [3.63, 3.8) is 0 Å². The molecule has 0 saturated heterocycles. The van der Waals surface area contributed by atoms with Crippen LogP contribution in [0.5, 0.6) is 0 Å². The second-order valence-corrected chi connectivity index (χ2v) is 6.60. The zero-order valence-corrected chi connectivity index (χ0v) is 16.2. The minimum atomic E-state index is -1.06. The van der Waals surface area contributed by atoms with Gasteiger partial charge < -0.3 is 15.4 Å². The summed E-state index contributed by atoms with van der Waals surface area (Å²) < 4.78 is 5.11. The molecule has 0 aliphatic carbocycles. The van der Waals surface area contributed by atoms with Crippen LogP contribution in [-0.2, 0) is 14.3 Å². The molecule has 2 N–H and O–H groups in total. The molecule has 0 fully saturated rings. The van der Waals surface area contributed by atoms with E-state index in [2.05, 4.69) is 10.6 Å². The summed E-state index contributed by atoms with van der Waals surface area (Å²) in [7, 11) is 0. The molecule has 2 amide bonds. The first-order valence-electron chi connectivity index (χ1n) is 8.10. The quantitative estimate of drug-likeness (QED) is 0.713. The van der Waals surface area contributed by atoms with Gasteiger partial charge in [-0.25, -0.2) is 4.79 Å². The smallest absolute Gasteiger partial charge is 0.329 e. The number of hydrogen-bond donors (Lipinski definition) is 2. The van der Waals surface area contributed by atoms with E-state index in [-0.39, 0.29) is 10.6 Å². The maximum absolute atomic E-state index is 12.2. The summed E-state index contributed by atoms with van der Waals surface area (Å²) in [6.45, 7) is 2.89. The zero-order valence-electron chi connectivity index (χ0n) is 14.7. The van der Waals surface area contributed by atoms with Crippen molar-refractivity contribution in [1.29, 1.82) is 0 Å². The van der Waals surface area contributed by atoms with E-state index >= 15 is 0 Å². The predicted molar refractivity (Wildman–Crippen MR) is 104 cm³/mol. The number of rotatable bonds is 6. The Bertz CT molecular complexity index is 857. The molecule has 0 aliphatic rings. The lowest BCUT2D eigenvalue weighted by molar-refractivity contribution is -0.154. The van der Waals surface area contributed by atoms with E-state index in [1.807, 2.05) is 0 Å². The Morgan fingerprint density at radius 2 is 1.70 bits per heavy atom. The van der Waals surface area contributed by atoms with Crippen molar-refractivity contribution in [2.45, 2.75) is 26.0 Å². The van der Waals surface area contributed by atoms with Gasteiger partial charge in [0.15, 0.2) is 6.10 Å². The third-order valence-corrected chi connectivity index (χ3v) is 4.14. The van der Waals surface area contributed by atoms with Crippen molar-refractivity contribution in [1.82, 2.24) is 5.32 Å². The number of esters is 1. The molecule has 27 heavy (non-hydrogen) atoms. The molecular formula is C19H18Cl2N2O4. The number of carbonyl (C=O) groups excluding carboxylic acids is 3. The highest BCUT2D eigenvalue weighted by atomic mass is 35.5. The summed E-state index contributed by atoms with van der Waals surface area (Å²) >= 11 is 11.8. The van der Waals surface area contributed by atoms with Crippen LogP contribution in [0.1, 0.15) is 24.2 Å². The van der Waals surface area contributed by atoms with Gasteiger partial charge in [-0.05, 0) is 44.2 Å². The molecule has 0 saturated carbocycles. The first-order chi connectivity index (χ1) is 12.8. The topological polar surface area (TPSA) is 84.5 Å². The van der Waals surface area contributed by atoms with Gasteiger partial charge in [-0.1, -0.05) is 41.4 Å². The SMILES string of the molecule is C[C@H](NC(=O)c1ccccc1Cl)C(=O)O[C@H](C)C(=O)Nc1cccc(Cl)c1. The predicted octanol–water partition coefficient (Wildman–Crippen LogP) is 3.68. The molecule has 0 aromatic heterocycles. The highest BCUT2D eigenvalue weighted by Gasteiger charge is 2.24. The van der Waals surface area contributed by atoms with Crippen LogP contribution in [0.4, 0.5) is 5.69 Å². The molecule has 0 radical (unpaired) electrons. The van der Waals surface area contributed by atoms with Gasteiger partial charge in [-0.15, -0.1) is 0 Å². The van der Waals surface area contributed by atoms with Gasteiger partial charge in [-0.3, -0.25) is 9.59 Å². The summed E-state index contributed by atoms with van der Waals surface area (Å²) in [5.41, 5.74) is 0.723.